The molecule has 80 valence electrons. The van der Waals surface area contributed by atoms with Crippen LogP contribution in [0.4, 0.5) is 5.69 Å². The highest BCUT2D eigenvalue weighted by molar-refractivity contribution is 6.30. The van der Waals surface area contributed by atoms with Crippen molar-refractivity contribution in [2.45, 2.75) is 25.4 Å². The van der Waals surface area contributed by atoms with Crippen molar-refractivity contribution in [3.05, 3.63) is 38.9 Å². The van der Waals surface area contributed by atoms with Gasteiger partial charge < -0.3 is 5.32 Å². The van der Waals surface area contributed by atoms with Gasteiger partial charge in [0, 0.05) is 29.2 Å². The standard InChI is InChI=1S/C10H11ClN2O2/c11-8-2-1-7(6-12-9-3-4-9)10(5-8)13(14)15/h1-2,5,9,12H,3-4,6H2. The highest BCUT2D eigenvalue weighted by atomic mass is 35.5. The lowest BCUT2D eigenvalue weighted by Gasteiger charge is -2.04. The molecule has 0 saturated heterocycles. The molecule has 1 aromatic carbocycles. The SMILES string of the molecule is O=[N+]([O-])c1cc(Cl)ccc1CNC1CC1. The lowest BCUT2D eigenvalue weighted by Crippen LogP contribution is -2.16. The van der Waals surface area contributed by atoms with Crippen molar-refractivity contribution in [2.75, 3.05) is 0 Å². The molecule has 1 aliphatic carbocycles. The van der Waals surface area contributed by atoms with Crippen LogP contribution in [0.1, 0.15) is 18.4 Å². The first-order valence-electron chi connectivity index (χ1n) is 4.83. The average molecular weight is 227 g/mol. The molecule has 0 heterocycles. The van der Waals surface area contributed by atoms with Crippen molar-refractivity contribution >= 4 is 17.3 Å². The molecular weight excluding hydrogens is 216 g/mol. The van der Waals surface area contributed by atoms with Crippen LogP contribution in [0.2, 0.25) is 5.02 Å². The van der Waals surface area contributed by atoms with Gasteiger partial charge in [-0.05, 0) is 25.0 Å². The van der Waals surface area contributed by atoms with E-state index in [-0.39, 0.29) is 5.69 Å². The maximum absolute atomic E-state index is 10.8. The molecule has 1 aromatic rings. The third-order valence-electron chi connectivity index (χ3n) is 2.40. The first-order chi connectivity index (χ1) is 7.16. The Hall–Kier alpha value is -1.13. The van der Waals surface area contributed by atoms with Crippen LogP contribution in [0.25, 0.3) is 0 Å². The van der Waals surface area contributed by atoms with Gasteiger partial charge in [-0.2, -0.15) is 0 Å². The lowest BCUT2D eigenvalue weighted by molar-refractivity contribution is -0.385. The summed E-state index contributed by atoms with van der Waals surface area (Å²) in [5.41, 5.74) is 0.784. The first kappa shape index (κ1) is 10.4. The van der Waals surface area contributed by atoms with Crippen LogP contribution in [-0.2, 0) is 6.54 Å². The largest absolute Gasteiger partial charge is 0.310 e. The second-order valence-electron chi connectivity index (χ2n) is 3.69. The Kier molecular flexibility index (Phi) is 2.88. The third kappa shape index (κ3) is 2.67. The summed E-state index contributed by atoms with van der Waals surface area (Å²) in [4.78, 5) is 10.4. The minimum Gasteiger partial charge on any atom is -0.310 e. The second-order valence-corrected chi connectivity index (χ2v) is 4.12. The predicted molar refractivity (Wildman–Crippen MR) is 58.0 cm³/mol. The fraction of sp³-hybridized carbons (Fsp3) is 0.400. The monoisotopic (exact) mass is 226 g/mol. The summed E-state index contributed by atoms with van der Waals surface area (Å²) in [5.74, 6) is 0. The van der Waals surface area contributed by atoms with Crippen molar-refractivity contribution < 1.29 is 4.92 Å². The van der Waals surface area contributed by atoms with Crippen LogP contribution >= 0.6 is 11.6 Å². The molecule has 0 radical (unpaired) electrons. The van der Waals surface area contributed by atoms with Gasteiger partial charge in [0.25, 0.3) is 5.69 Å². The van der Waals surface area contributed by atoms with Crippen molar-refractivity contribution in [2.24, 2.45) is 0 Å². The average Bonchev–Trinajstić information content (AvgIpc) is 2.99. The van der Waals surface area contributed by atoms with Gasteiger partial charge in [-0.15, -0.1) is 0 Å². The van der Waals surface area contributed by atoms with Crippen LogP contribution in [0.5, 0.6) is 0 Å². The van der Waals surface area contributed by atoms with Crippen LogP contribution in [-0.4, -0.2) is 11.0 Å². The summed E-state index contributed by atoms with van der Waals surface area (Å²) in [5, 5.41) is 14.4. The maximum Gasteiger partial charge on any atom is 0.275 e. The Balaban J connectivity index is 2.15. The van der Waals surface area contributed by atoms with Gasteiger partial charge in [-0.25, -0.2) is 0 Å². The van der Waals surface area contributed by atoms with E-state index in [1.54, 1.807) is 12.1 Å². The number of hydrogen-bond acceptors (Lipinski definition) is 3. The van der Waals surface area contributed by atoms with Crippen molar-refractivity contribution in [3.8, 4) is 0 Å². The number of nitro groups is 1. The molecule has 1 N–H and O–H groups in total. The van der Waals surface area contributed by atoms with Crippen LogP contribution in [0.15, 0.2) is 18.2 Å². The molecule has 0 atom stereocenters. The van der Waals surface area contributed by atoms with Gasteiger partial charge in [0.05, 0.1) is 4.92 Å². The van der Waals surface area contributed by atoms with E-state index < -0.39 is 4.92 Å². The van der Waals surface area contributed by atoms with E-state index >= 15 is 0 Å². The smallest absolute Gasteiger partial charge is 0.275 e. The predicted octanol–water partition coefficient (Wildman–Crippen LogP) is 2.50. The van der Waals surface area contributed by atoms with Crippen LogP contribution in [0, 0.1) is 10.1 Å². The summed E-state index contributed by atoms with van der Waals surface area (Å²) in [6, 6.07) is 5.32. The van der Waals surface area contributed by atoms with Gasteiger partial charge in [-0.3, -0.25) is 10.1 Å². The molecule has 15 heavy (non-hydrogen) atoms. The molecule has 1 fully saturated rings. The highest BCUT2D eigenvalue weighted by Gasteiger charge is 2.22. The third-order valence-corrected chi connectivity index (χ3v) is 2.64. The quantitative estimate of drug-likeness (QED) is 0.634. The van der Waals surface area contributed by atoms with Crippen LogP contribution < -0.4 is 5.32 Å². The molecule has 0 spiro atoms. The number of nitrogens with zero attached hydrogens (tertiary/aromatic N) is 1. The Morgan fingerprint density at radius 3 is 2.87 bits per heavy atom. The molecule has 0 aromatic heterocycles. The first-order valence-corrected chi connectivity index (χ1v) is 5.21. The van der Waals surface area contributed by atoms with Crippen molar-refractivity contribution in [3.63, 3.8) is 0 Å². The van der Waals surface area contributed by atoms with E-state index in [0.29, 0.717) is 23.2 Å². The Morgan fingerprint density at radius 1 is 1.53 bits per heavy atom. The minimum absolute atomic E-state index is 0.0932. The number of nitro benzene ring substituents is 1. The Morgan fingerprint density at radius 2 is 2.27 bits per heavy atom. The zero-order chi connectivity index (χ0) is 10.8. The molecule has 4 nitrogen and oxygen atoms in total. The van der Waals surface area contributed by atoms with Crippen molar-refractivity contribution in [1.82, 2.24) is 5.32 Å². The summed E-state index contributed by atoms with van der Waals surface area (Å²) in [6.45, 7) is 0.540. The number of halogens is 1. The van der Waals surface area contributed by atoms with Crippen molar-refractivity contribution in [1.29, 1.82) is 0 Å². The minimum atomic E-state index is -0.393. The summed E-state index contributed by atoms with van der Waals surface area (Å²) < 4.78 is 0. The fourth-order valence-electron chi connectivity index (χ4n) is 1.40. The number of benzene rings is 1. The number of nitrogens with one attached hydrogen (secondary N) is 1. The normalized spacial score (nSPS) is 15.3. The van der Waals surface area contributed by atoms with E-state index in [4.69, 9.17) is 11.6 Å². The van der Waals surface area contributed by atoms with Gasteiger partial charge >= 0.3 is 0 Å². The van der Waals surface area contributed by atoms with E-state index in [1.807, 2.05) is 0 Å². The number of hydrogen-bond donors (Lipinski definition) is 1. The molecule has 1 saturated carbocycles. The Bertz CT molecular complexity index is 391. The lowest BCUT2D eigenvalue weighted by atomic mass is 10.2. The van der Waals surface area contributed by atoms with Gasteiger partial charge in [-0.1, -0.05) is 11.6 Å². The molecular formula is C10H11ClN2O2. The van der Waals surface area contributed by atoms with E-state index in [1.165, 1.54) is 18.9 Å². The van der Waals surface area contributed by atoms with Crippen LogP contribution in [0.3, 0.4) is 0 Å². The second kappa shape index (κ2) is 4.16. The molecule has 2 rings (SSSR count). The maximum atomic E-state index is 10.8. The summed E-state index contributed by atoms with van der Waals surface area (Å²) in [7, 11) is 0. The zero-order valence-electron chi connectivity index (χ0n) is 8.07. The van der Waals surface area contributed by atoms with Gasteiger partial charge in [0.1, 0.15) is 0 Å². The number of rotatable bonds is 4. The Labute approximate surface area is 92.4 Å². The van der Waals surface area contributed by atoms with Gasteiger partial charge in [0.15, 0.2) is 0 Å². The molecule has 0 amide bonds. The zero-order valence-corrected chi connectivity index (χ0v) is 8.83. The summed E-state index contributed by atoms with van der Waals surface area (Å²) in [6.07, 6.45) is 2.34. The van der Waals surface area contributed by atoms with E-state index in [9.17, 15) is 10.1 Å². The molecule has 5 heteroatoms. The molecule has 1 aliphatic rings. The van der Waals surface area contributed by atoms with E-state index in [0.717, 1.165) is 0 Å². The van der Waals surface area contributed by atoms with E-state index in [2.05, 4.69) is 5.32 Å². The molecule has 0 unspecified atom stereocenters. The topological polar surface area (TPSA) is 55.2 Å². The molecule has 0 bridgehead atoms. The summed E-state index contributed by atoms with van der Waals surface area (Å²) >= 11 is 5.71. The fourth-order valence-corrected chi connectivity index (χ4v) is 1.56. The van der Waals surface area contributed by atoms with Gasteiger partial charge in [0.2, 0.25) is 0 Å². The highest BCUT2D eigenvalue weighted by Crippen LogP contribution is 2.25. The molecule has 0 aliphatic heterocycles.